The summed E-state index contributed by atoms with van der Waals surface area (Å²) in [4.78, 5) is 18.3. The van der Waals surface area contributed by atoms with E-state index in [1.54, 1.807) is 0 Å². The quantitative estimate of drug-likeness (QED) is 0.716. The molecule has 0 bridgehead atoms. The number of aromatic amines is 1. The number of unbranched alkanes of at least 4 members (excludes halogenated alkanes) is 1. The highest BCUT2D eigenvalue weighted by Gasteiger charge is 1.98. The highest BCUT2D eigenvalue weighted by Crippen LogP contribution is 2.02. The van der Waals surface area contributed by atoms with Gasteiger partial charge < -0.3 is 10.3 Å². The maximum atomic E-state index is 11.3. The van der Waals surface area contributed by atoms with Gasteiger partial charge in [-0.1, -0.05) is 6.92 Å². The molecule has 1 aromatic heterocycles. The molecule has 0 aliphatic heterocycles. The van der Waals surface area contributed by atoms with Crippen molar-refractivity contribution in [2.45, 2.75) is 26.2 Å². The summed E-state index contributed by atoms with van der Waals surface area (Å²) in [6.45, 7) is 2.85. The van der Waals surface area contributed by atoms with Crippen LogP contribution >= 0.6 is 11.8 Å². The van der Waals surface area contributed by atoms with Crippen LogP contribution in [0, 0.1) is 0 Å². The lowest BCUT2D eigenvalue weighted by atomic mass is 10.3. The Hall–Kier alpha value is -0.970. The first-order valence-electron chi connectivity index (χ1n) is 5.59. The van der Waals surface area contributed by atoms with Gasteiger partial charge in [-0.25, -0.2) is 4.98 Å². The number of aryl methyl sites for hydroxylation is 1. The molecule has 1 heterocycles. The maximum absolute atomic E-state index is 11.3. The molecule has 1 aromatic rings. The first-order valence-corrected chi connectivity index (χ1v) is 6.98. The van der Waals surface area contributed by atoms with E-state index in [0.29, 0.717) is 5.82 Å². The Morgan fingerprint density at radius 2 is 2.31 bits per heavy atom. The second-order valence-corrected chi connectivity index (χ2v) is 4.54. The van der Waals surface area contributed by atoms with E-state index in [9.17, 15) is 4.79 Å². The smallest absolute Gasteiger partial charge is 0.252 e. The second kappa shape index (κ2) is 7.33. The Bertz CT molecular complexity index is 364. The van der Waals surface area contributed by atoms with Gasteiger partial charge in [0.2, 0.25) is 0 Å². The van der Waals surface area contributed by atoms with E-state index < -0.39 is 0 Å². The van der Waals surface area contributed by atoms with Gasteiger partial charge in [-0.05, 0) is 24.9 Å². The largest absolute Gasteiger partial charge is 0.370 e. The summed E-state index contributed by atoms with van der Waals surface area (Å²) in [5.74, 6) is 2.61. The van der Waals surface area contributed by atoms with Crippen LogP contribution in [0.1, 0.15) is 25.6 Å². The number of hydrogen-bond donors (Lipinski definition) is 2. The fourth-order valence-corrected chi connectivity index (χ4v) is 1.85. The molecule has 1 rings (SSSR count). The van der Waals surface area contributed by atoms with Crippen LogP contribution in [-0.4, -0.2) is 28.5 Å². The topological polar surface area (TPSA) is 57.8 Å². The number of hydrogen-bond acceptors (Lipinski definition) is 4. The van der Waals surface area contributed by atoms with Crippen molar-refractivity contribution < 1.29 is 0 Å². The molecular formula is C11H19N3OS. The molecule has 0 spiro atoms. The van der Waals surface area contributed by atoms with Gasteiger partial charge in [0.15, 0.2) is 0 Å². The zero-order valence-corrected chi connectivity index (χ0v) is 10.7. The molecule has 16 heavy (non-hydrogen) atoms. The van der Waals surface area contributed by atoms with Crippen LogP contribution in [-0.2, 0) is 6.42 Å². The van der Waals surface area contributed by atoms with E-state index in [2.05, 4.69) is 21.5 Å². The van der Waals surface area contributed by atoms with Gasteiger partial charge in [-0.15, -0.1) is 0 Å². The van der Waals surface area contributed by atoms with E-state index in [0.717, 1.165) is 25.2 Å². The first kappa shape index (κ1) is 13.1. The molecular weight excluding hydrogens is 222 g/mol. The third-order valence-electron chi connectivity index (χ3n) is 2.21. The molecule has 4 nitrogen and oxygen atoms in total. The molecule has 2 N–H and O–H groups in total. The van der Waals surface area contributed by atoms with Gasteiger partial charge in [0.1, 0.15) is 11.6 Å². The average molecular weight is 241 g/mol. The van der Waals surface area contributed by atoms with E-state index in [1.807, 2.05) is 18.7 Å². The minimum absolute atomic E-state index is 0.0848. The lowest BCUT2D eigenvalue weighted by Crippen LogP contribution is -2.14. The monoisotopic (exact) mass is 241 g/mol. The molecule has 0 aliphatic carbocycles. The van der Waals surface area contributed by atoms with Crippen molar-refractivity contribution in [1.29, 1.82) is 0 Å². The number of thioether (sulfide) groups is 1. The predicted molar refractivity (Wildman–Crippen MR) is 70.3 cm³/mol. The molecule has 90 valence electrons. The van der Waals surface area contributed by atoms with Crippen LogP contribution in [0.5, 0.6) is 0 Å². The summed E-state index contributed by atoms with van der Waals surface area (Å²) in [7, 11) is 0. The summed E-state index contributed by atoms with van der Waals surface area (Å²) in [5, 5.41) is 3.18. The van der Waals surface area contributed by atoms with Crippen molar-refractivity contribution in [2.24, 2.45) is 0 Å². The molecule has 0 aliphatic rings. The minimum atomic E-state index is -0.0848. The molecule has 0 aromatic carbocycles. The molecule has 0 fully saturated rings. The average Bonchev–Trinajstić information content (AvgIpc) is 2.28. The van der Waals surface area contributed by atoms with Gasteiger partial charge in [0.05, 0.1) is 0 Å². The summed E-state index contributed by atoms with van der Waals surface area (Å²) in [6, 6.07) is 1.51. The van der Waals surface area contributed by atoms with E-state index in [4.69, 9.17) is 0 Å². The number of nitrogens with one attached hydrogen (secondary N) is 2. The summed E-state index contributed by atoms with van der Waals surface area (Å²) < 4.78 is 0. The minimum Gasteiger partial charge on any atom is -0.370 e. The van der Waals surface area contributed by atoms with Crippen LogP contribution in [0.3, 0.4) is 0 Å². The number of aromatic nitrogens is 2. The van der Waals surface area contributed by atoms with Crippen molar-refractivity contribution >= 4 is 17.6 Å². The third-order valence-corrected chi connectivity index (χ3v) is 2.90. The van der Waals surface area contributed by atoms with Gasteiger partial charge in [-0.3, -0.25) is 4.79 Å². The molecule has 0 saturated heterocycles. The fourth-order valence-electron chi connectivity index (χ4n) is 1.35. The summed E-state index contributed by atoms with van der Waals surface area (Å²) in [6.07, 6.45) is 5.16. The van der Waals surface area contributed by atoms with E-state index >= 15 is 0 Å². The van der Waals surface area contributed by atoms with Gasteiger partial charge in [0.25, 0.3) is 5.56 Å². The van der Waals surface area contributed by atoms with E-state index in [-0.39, 0.29) is 5.56 Å². The molecule has 0 unspecified atom stereocenters. The summed E-state index contributed by atoms with van der Waals surface area (Å²) >= 11 is 1.86. The third kappa shape index (κ3) is 4.70. The zero-order valence-electron chi connectivity index (χ0n) is 9.88. The number of rotatable bonds is 7. The van der Waals surface area contributed by atoms with Gasteiger partial charge in [0, 0.05) is 19.0 Å². The van der Waals surface area contributed by atoms with E-state index in [1.165, 1.54) is 18.2 Å². The molecule has 0 amide bonds. The Labute approximate surface area is 100 Å². The van der Waals surface area contributed by atoms with Gasteiger partial charge in [-0.2, -0.15) is 11.8 Å². The summed E-state index contributed by atoms with van der Waals surface area (Å²) in [5.41, 5.74) is -0.0848. The van der Waals surface area contributed by atoms with Gasteiger partial charge >= 0.3 is 0 Å². The second-order valence-electron chi connectivity index (χ2n) is 3.56. The number of anilines is 1. The van der Waals surface area contributed by atoms with Crippen LogP contribution in [0.2, 0.25) is 0 Å². The fraction of sp³-hybridized carbons (Fsp3) is 0.636. The molecule has 5 heteroatoms. The Morgan fingerprint density at radius 3 is 3.00 bits per heavy atom. The Balaban J connectivity index is 2.41. The normalized spacial score (nSPS) is 10.4. The molecule has 0 atom stereocenters. The number of H-pyrrole nitrogens is 1. The van der Waals surface area contributed by atoms with Crippen molar-refractivity contribution in [3.8, 4) is 0 Å². The standard InChI is InChI=1S/C11H19N3OS/c1-3-9-13-10(8-11(15)14-9)12-6-4-5-7-16-2/h8H,3-7H2,1-2H3,(H2,12,13,14,15). The highest BCUT2D eigenvalue weighted by molar-refractivity contribution is 7.98. The van der Waals surface area contributed by atoms with Crippen LogP contribution in [0.15, 0.2) is 10.9 Å². The highest BCUT2D eigenvalue weighted by atomic mass is 32.2. The Kier molecular flexibility index (Phi) is 6.00. The SMILES string of the molecule is CCc1nc(NCCCCSC)cc(=O)[nH]1. The van der Waals surface area contributed by atoms with Crippen molar-refractivity contribution in [3.05, 3.63) is 22.2 Å². The number of nitrogens with zero attached hydrogens (tertiary/aromatic N) is 1. The van der Waals surface area contributed by atoms with Crippen LogP contribution < -0.4 is 10.9 Å². The van der Waals surface area contributed by atoms with Crippen molar-refractivity contribution in [2.75, 3.05) is 23.9 Å². The van der Waals surface area contributed by atoms with Crippen LogP contribution in [0.4, 0.5) is 5.82 Å². The van der Waals surface area contributed by atoms with Crippen LogP contribution in [0.25, 0.3) is 0 Å². The molecule has 0 saturated carbocycles. The molecule has 0 radical (unpaired) electrons. The Morgan fingerprint density at radius 1 is 1.50 bits per heavy atom. The lowest BCUT2D eigenvalue weighted by molar-refractivity contribution is 0.833. The maximum Gasteiger partial charge on any atom is 0.252 e. The van der Waals surface area contributed by atoms with Crippen molar-refractivity contribution in [1.82, 2.24) is 9.97 Å². The van der Waals surface area contributed by atoms with Crippen molar-refractivity contribution in [3.63, 3.8) is 0 Å². The first-order chi connectivity index (χ1) is 7.76. The predicted octanol–water partition coefficient (Wildman–Crippen LogP) is 1.89. The zero-order chi connectivity index (χ0) is 11.8. The lowest BCUT2D eigenvalue weighted by Gasteiger charge is -2.05.